The molecule has 1 aromatic carbocycles. The van der Waals surface area contributed by atoms with Crippen LogP contribution in [0.4, 0.5) is 0 Å². The summed E-state index contributed by atoms with van der Waals surface area (Å²) < 4.78 is 11.2. The fraction of sp³-hybridized carbons (Fsp3) is 0.600. The SMILES string of the molecule is Cc1ccc(OCCN2CCOCC2)c([C@@H](C)N)c1. The third kappa shape index (κ3) is 4.20. The van der Waals surface area contributed by atoms with Crippen LogP contribution in [0.5, 0.6) is 5.75 Å². The first-order valence-corrected chi connectivity index (χ1v) is 6.96. The summed E-state index contributed by atoms with van der Waals surface area (Å²) in [5.74, 6) is 0.911. The molecule has 0 radical (unpaired) electrons. The van der Waals surface area contributed by atoms with E-state index in [0.717, 1.165) is 44.2 Å². The Kier molecular flexibility index (Phi) is 5.19. The maximum atomic E-state index is 5.99. The van der Waals surface area contributed by atoms with Crippen molar-refractivity contribution in [3.63, 3.8) is 0 Å². The van der Waals surface area contributed by atoms with Gasteiger partial charge in [-0.1, -0.05) is 17.7 Å². The lowest BCUT2D eigenvalue weighted by Gasteiger charge is -2.26. The Bertz CT molecular complexity index is 401. The molecule has 1 heterocycles. The molecule has 1 saturated heterocycles. The van der Waals surface area contributed by atoms with Crippen LogP contribution in [-0.4, -0.2) is 44.4 Å². The highest BCUT2D eigenvalue weighted by atomic mass is 16.5. The van der Waals surface area contributed by atoms with E-state index in [9.17, 15) is 0 Å². The third-order valence-corrected chi connectivity index (χ3v) is 3.42. The monoisotopic (exact) mass is 264 g/mol. The summed E-state index contributed by atoms with van der Waals surface area (Å²) in [6.07, 6.45) is 0. The molecule has 0 bridgehead atoms. The van der Waals surface area contributed by atoms with Crippen molar-refractivity contribution in [2.45, 2.75) is 19.9 Å². The molecule has 19 heavy (non-hydrogen) atoms. The molecular formula is C15H24N2O2. The first-order valence-electron chi connectivity index (χ1n) is 6.96. The highest BCUT2D eigenvalue weighted by Crippen LogP contribution is 2.24. The number of ether oxygens (including phenoxy) is 2. The molecule has 2 rings (SSSR count). The molecule has 4 heteroatoms. The van der Waals surface area contributed by atoms with E-state index in [4.69, 9.17) is 15.2 Å². The lowest BCUT2D eigenvalue weighted by Crippen LogP contribution is -2.38. The van der Waals surface area contributed by atoms with Crippen LogP contribution in [0.2, 0.25) is 0 Å². The van der Waals surface area contributed by atoms with Crippen LogP contribution in [0.1, 0.15) is 24.1 Å². The first-order chi connectivity index (χ1) is 9.16. The summed E-state index contributed by atoms with van der Waals surface area (Å²) in [4.78, 5) is 2.36. The Morgan fingerprint density at radius 3 is 2.79 bits per heavy atom. The van der Waals surface area contributed by atoms with Crippen molar-refractivity contribution in [1.82, 2.24) is 4.90 Å². The summed E-state index contributed by atoms with van der Waals surface area (Å²) in [5, 5.41) is 0. The average molecular weight is 264 g/mol. The zero-order chi connectivity index (χ0) is 13.7. The number of rotatable bonds is 5. The van der Waals surface area contributed by atoms with Gasteiger partial charge in [-0.05, 0) is 19.9 Å². The minimum atomic E-state index is -0.00159. The highest BCUT2D eigenvalue weighted by molar-refractivity contribution is 5.38. The lowest BCUT2D eigenvalue weighted by molar-refractivity contribution is 0.0322. The van der Waals surface area contributed by atoms with E-state index in [2.05, 4.69) is 24.0 Å². The van der Waals surface area contributed by atoms with Crippen LogP contribution >= 0.6 is 0 Å². The van der Waals surface area contributed by atoms with Gasteiger partial charge in [0.15, 0.2) is 0 Å². The molecule has 4 nitrogen and oxygen atoms in total. The van der Waals surface area contributed by atoms with Gasteiger partial charge < -0.3 is 15.2 Å². The predicted octanol–water partition coefficient (Wildman–Crippen LogP) is 1.73. The lowest BCUT2D eigenvalue weighted by atomic mass is 10.1. The van der Waals surface area contributed by atoms with Crippen molar-refractivity contribution < 1.29 is 9.47 Å². The fourth-order valence-corrected chi connectivity index (χ4v) is 2.26. The van der Waals surface area contributed by atoms with Gasteiger partial charge in [-0.2, -0.15) is 0 Å². The van der Waals surface area contributed by atoms with Crippen molar-refractivity contribution in [2.24, 2.45) is 5.73 Å². The molecule has 0 amide bonds. The summed E-state index contributed by atoms with van der Waals surface area (Å²) in [6, 6.07) is 6.19. The van der Waals surface area contributed by atoms with Gasteiger partial charge in [-0.25, -0.2) is 0 Å². The van der Waals surface area contributed by atoms with Crippen LogP contribution in [0, 0.1) is 6.92 Å². The molecule has 1 aromatic rings. The Morgan fingerprint density at radius 2 is 2.11 bits per heavy atom. The van der Waals surface area contributed by atoms with E-state index in [1.165, 1.54) is 5.56 Å². The smallest absolute Gasteiger partial charge is 0.124 e. The molecule has 106 valence electrons. The Labute approximate surface area is 115 Å². The molecule has 0 spiro atoms. The van der Waals surface area contributed by atoms with Gasteiger partial charge in [0, 0.05) is 31.2 Å². The molecule has 0 aromatic heterocycles. The summed E-state index contributed by atoms with van der Waals surface area (Å²) in [7, 11) is 0. The van der Waals surface area contributed by atoms with Crippen LogP contribution in [0.3, 0.4) is 0 Å². The van der Waals surface area contributed by atoms with Crippen molar-refractivity contribution >= 4 is 0 Å². The summed E-state index contributed by atoms with van der Waals surface area (Å²) >= 11 is 0. The molecule has 1 fully saturated rings. The van der Waals surface area contributed by atoms with Gasteiger partial charge in [-0.15, -0.1) is 0 Å². The second-order valence-corrected chi connectivity index (χ2v) is 5.13. The topological polar surface area (TPSA) is 47.7 Å². The predicted molar refractivity (Wildman–Crippen MR) is 76.5 cm³/mol. The molecule has 1 atom stereocenters. The molecule has 0 unspecified atom stereocenters. The summed E-state index contributed by atoms with van der Waals surface area (Å²) in [6.45, 7) is 9.35. The minimum absolute atomic E-state index is 0.00159. The maximum absolute atomic E-state index is 5.99. The fourth-order valence-electron chi connectivity index (χ4n) is 2.26. The van der Waals surface area contributed by atoms with Gasteiger partial charge in [0.1, 0.15) is 12.4 Å². The van der Waals surface area contributed by atoms with Gasteiger partial charge in [0.05, 0.1) is 13.2 Å². The van der Waals surface area contributed by atoms with E-state index in [0.29, 0.717) is 6.61 Å². The molecule has 1 aliphatic rings. The van der Waals surface area contributed by atoms with Crippen molar-refractivity contribution in [3.8, 4) is 5.75 Å². The Morgan fingerprint density at radius 1 is 1.37 bits per heavy atom. The van der Waals surface area contributed by atoms with Gasteiger partial charge in [0.2, 0.25) is 0 Å². The van der Waals surface area contributed by atoms with Crippen molar-refractivity contribution in [3.05, 3.63) is 29.3 Å². The van der Waals surface area contributed by atoms with Gasteiger partial charge in [0.25, 0.3) is 0 Å². The number of benzene rings is 1. The number of aryl methyl sites for hydroxylation is 1. The maximum Gasteiger partial charge on any atom is 0.124 e. The number of hydrogen-bond donors (Lipinski definition) is 1. The van der Waals surface area contributed by atoms with E-state index in [1.54, 1.807) is 0 Å². The van der Waals surface area contributed by atoms with Gasteiger partial charge in [-0.3, -0.25) is 4.90 Å². The second-order valence-electron chi connectivity index (χ2n) is 5.13. The van der Waals surface area contributed by atoms with E-state index in [-0.39, 0.29) is 6.04 Å². The van der Waals surface area contributed by atoms with Crippen LogP contribution in [0.15, 0.2) is 18.2 Å². The number of morpholine rings is 1. The van der Waals surface area contributed by atoms with E-state index in [1.807, 2.05) is 13.0 Å². The molecule has 0 aliphatic carbocycles. The molecule has 1 aliphatic heterocycles. The van der Waals surface area contributed by atoms with Gasteiger partial charge >= 0.3 is 0 Å². The third-order valence-electron chi connectivity index (χ3n) is 3.42. The molecule has 0 saturated carbocycles. The van der Waals surface area contributed by atoms with E-state index < -0.39 is 0 Å². The number of nitrogens with zero attached hydrogens (tertiary/aromatic N) is 1. The molecule has 2 N–H and O–H groups in total. The number of hydrogen-bond acceptors (Lipinski definition) is 4. The van der Waals surface area contributed by atoms with Crippen LogP contribution in [-0.2, 0) is 4.74 Å². The van der Waals surface area contributed by atoms with E-state index >= 15 is 0 Å². The average Bonchev–Trinajstić information content (AvgIpc) is 2.41. The number of nitrogens with two attached hydrogens (primary N) is 1. The van der Waals surface area contributed by atoms with Crippen LogP contribution < -0.4 is 10.5 Å². The van der Waals surface area contributed by atoms with Crippen molar-refractivity contribution in [1.29, 1.82) is 0 Å². The second kappa shape index (κ2) is 6.89. The zero-order valence-corrected chi connectivity index (χ0v) is 11.9. The normalized spacial score (nSPS) is 18.3. The Hall–Kier alpha value is -1.10. The van der Waals surface area contributed by atoms with Crippen molar-refractivity contribution in [2.75, 3.05) is 39.5 Å². The quantitative estimate of drug-likeness (QED) is 0.880. The highest BCUT2D eigenvalue weighted by Gasteiger charge is 2.11. The molecular weight excluding hydrogens is 240 g/mol. The first kappa shape index (κ1) is 14.3. The zero-order valence-electron chi connectivity index (χ0n) is 11.9. The largest absolute Gasteiger partial charge is 0.492 e. The minimum Gasteiger partial charge on any atom is -0.492 e. The summed E-state index contributed by atoms with van der Waals surface area (Å²) in [5.41, 5.74) is 8.29. The van der Waals surface area contributed by atoms with Crippen LogP contribution in [0.25, 0.3) is 0 Å². The Balaban J connectivity index is 1.88. The standard InChI is InChI=1S/C15H24N2O2/c1-12-3-4-15(14(11-12)13(2)16)19-10-7-17-5-8-18-9-6-17/h3-4,11,13H,5-10,16H2,1-2H3/t13-/m1/s1.